The molecule has 1 saturated heterocycles. The lowest BCUT2D eigenvalue weighted by Gasteiger charge is -2.36. The Bertz CT molecular complexity index is 570. The van der Waals surface area contributed by atoms with Crippen molar-refractivity contribution in [1.29, 1.82) is 0 Å². The molecule has 1 heterocycles. The van der Waals surface area contributed by atoms with E-state index in [4.69, 9.17) is 0 Å². The van der Waals surface area contributed by atoms with E-state index in [0.29, 0.717) is 12.3 Å². The van der Waals surface area contributed by atoms with Gasteiger partial charge in [0, 0.05) is 50.7 Å². The van der Waals surface area contributed by atoms with Gasteiger partial charge in [0.1, 0.15) is 0 Å². The number of para-hydroxylation sites is 1. The molecule has 1 saturated carbocycles. The van der Waals surface area contributed by atoms with E-state index in [9.17, 15) is 9.59 Å². The predicted molar refractivity (Wildman–Crippen MR) is 93.3 cm³/mol. The average molecular weight is 330 g/mol. The van der Waals surface area contributed by atoms with Crippen molar-refractivity contribution in [3.63, 3.8) is 0 Å². The summed E-state index contributed by atoms with van der Waals surface area (Å²) in [7, 11) is 0. The normalized spacial score (nSPS) is 23.6. The summed E-state index contributed by atoms with van der Waals surface area (Å²) >= 11 is 0. The van der Waals surface area contributed by atoms with E-state index in [1.54, 1.807) is 0 Å². The van der Waals surface area contributed by atoms with Crippen LogP contribution in [0, 0.1) is 11.8 Å². The molecule has 2 amide bonds. The third kappa shape index (κ3) is 4.47. The molecular weight excluding hydrogens is 304 g/mol. The molecule has 3 rings (SSSR count). The summed E-state index contributed by atoms with van der Waals surface area (Å²) in [4.78, 5) is 28.2. The fraction of sp³-hybridized carbons (Fsp3) is 0.556. The van der Waals surface area contributed by atoms with E-state index in [1.807, 2.05) is 13.0 Å². The van der Waals surface area contributed by atoms with Gasteiger partial charge >= 0.3 is 0 Å². The van der Waals surface area contributed by atoms with E-state index in [1.165, 1.54) is 5.69 Å². The maximum atomic E-state index is 11.8. The Morgan fingerprint density at radius 1 is 1.08 bits per heavy atom. The molecule has 0 radical (unpaired) electrons. The van der Waals surface area contributed by atoms with Crippen LogP contribution in [0.25, 0.3) is 0 Å². The zero-order valence-corrected chi connectivity index (χ0v) is 14.2. The van der Waals surface area contributed by atoms with Crippen LogP contribution in [0.1, 0.15) is 19.8 Å². The smallest absolute Gasteiger partial charge is 0.241 e. The third-order valence-electron chi connectivity index (χ3n) is 4.92. The first kappa shape index (κ1) is 16.8. The zero-order valence-electron chi connectivity index (χ0n) is 14.2. The molecule has 6 nitrogen and oxygen atoms in total. The summed E-state index contributed by atoms with van der Waals surface area (Å²) in [5, 5.41) is 0. The number of hydrogen-bond donors (Lipinski definition) is 2. The molecule has 1 aromatic carbocycles. The second kappa shape index (κ2) is 7.66. The maximum Gasteiger partial charge on any atom is 0.241 e. The van der Waals surface area contributed by atoms with Gasteiger partial charge in [-0.05, 0) is 24.5 Å². The summed E-state index contributed by atoms with van der Waals surface area (Å²) in [5.41, 5.74) is 6.31. The van der Waals surface area contributed by atoms with Crippen molar-refractivity contribution in [1.82, 2.24) is 15.8 Å². The molecule has 2 fully saturated rings. The Balaban J connectivity index is 1.31. The number of nitrogens with one attached hydrogen (secondary N) is 2. The molecule has 2 N–H and O–H groups in total. The summed E-state index contributed by atoms with van der Waals surface area (Å²) in [6.07, 6.45) is 1.33. The summed E-state index contributed by atoms with van der Waals surface area (Å²) in [5.74, 6) is 0.341. The summed E-state index contributed by atoms with van der Waals surface area (Å²) in [6.45, 7) is 6.62. The van der Waals surface area contributed by atoms with Gasteiger partial charge < -0.3 is 4.90 Å². The van der Waals surface area contributed by atoms with Gasteiger partial charge in [-0.1, -0.05) is 25.1 Å². The van der Waals surface area contributed by atoms with Crippen molar-refractivity contribution < 1.29 is 9.59 Å². The average Bonchev–Trinajstić information content (AvgIpc) is 3.36. The van der Waals surface area contributed by atoms with Gasteiger partial charge in [0.25, 0.3) is 0 Å². The molecule has 1 aromatic rings. The monoisotopic (exact) mass is 330 g/mol. The number of carbonyl (C=O) groups is 2. The molecule has 24 heavy (non-hydrogen) atoms. The maximum absolute atomic E-state index is 11.8. The van der Waals surface area contributed by atoms with Crippen LogP contribution < -0.4 is 15.8 Å². The minimum absolute atomic E-state index is 0.0627. The topological polar surface area (TPSA) is 64.7 Å². The molecule has 0 aromatic heterocycles. The van der Waals surface area contributed by atoms with Gasteiger partial charge in [-0.25, -0.2) is 0 Å². The van der Waals surface area contributed by atoms with Crippen LogP contribution in [-0.4, -0.2) is 49.4 Å². The van der Waals surface area contributed by atoms with E-state index >= 15 is 0 Å². The fourth-order valence-electron chi connectivity index (χ4n) is 3.10. The number of benzene rings is 1. The molecule has 2 unspecified atom stereocenters. The van der Waals surface area contributed by atoms with Crippen molar-refractivity contribution in [2.45, 2.75) is 19.8 Å². The molecular formula is C18H26N4O2. The number of hydrogen-bond acceptors (Lipinski definition) is 4. The van der Waals surface area contributed by atoms with Crippen LogP contribution >= 0.6 is 0 Å². The van der Waals surface area contributed by atoms with Gasteiger partial charge in [-0.2, -0.15) is 0 Å². The van der Waals surface area contributed by atoms with Crippen LogP contribution in [0.5, 0.6) is 0 Å². The van der Waals surface area contributed by atoms with Crippen LogP contribution in [0.3, 0.4) is 0 Å². The van der Waals surface area contributed by atoms with Crippen LogP contribution in [0.4, 0.5) is 5.69 Å². The van der Waals surface area contributed by atoms with Gasteiger partial charge in [0.15, 0.2) is 0 Å². The fourth-order valence-corrected chi connectivity index (χ4v) is 3.10. The number of nitrogens with zero attached hydrogens (tertiary/aromatic N) is 2. The molecule has 130 valence electrons. The SMILES string of the molecule is CC1CC1C(=O)NNC(=O)CCN1CCN(c2ccccc2)CC1. The highest BCUT2D eigenvalue weighted by molar-refractivity contribution is 5.85. The number of amides is 2. The number of anilines is 1. The summed E-state index contributed by atoms with van der Waals surface area (Å²) < 4.78 is 0. The molecule has 1 aliphatic carbocycles. The highest BCUT2D eigenvalue weighted by Gasteiger charge is 2.39. The molecule has 6 heteroatoms. The van der Waals surface area contributed by atoms with Crippen molar-refractivity contribution in [3.05, 3.63) is 30.3 Å². The van der Waals surface area contributed by atoms with Gasteiger partial charge in [0.05, 0.1) is 0 Å². The minimum atomic E-state index is -0.123. The zero-order chi connectivity index (χ0) is 16.9. The lowest BCUT2D eigenvalue weighted by molar-refractivity contribution is -0.129. The van der Waals surface area contributed by atoms with E-state index in [2.05, 4.69) is 44.9 Å². The first-order valence-electron chi connectivity index (χ1n) is 8.74. The van der Waals surface area contributed by atoms with Crippen LogP contribution in [0.15, 0.2) is 30.3 Å². The van der Waals surface area contributed by atoms with Gasteiger partial charge in [-0.3, -0.25) is 25.3 Å². The van der Waals surface area contributed by atoms with Gasteiger partial charge in [-0.15, -0.1) is 0 Å². The Kier molecular flexibility index (Phi) is 5.35. The molecule has 0 bridgehead atoms. The predicted octanol–water partition coefficient (Wildman–Crippen LogP) is 1.00. The van der Waals surface area contributed by atoms with E-state index in [-0.39, 0.29) is 17.7 Å². The Morgan fingerprint density at radius 3 is 2.38 bits per heavy atom. The van der Waals surface area contributed by atoms with E-state index < -0.39 is 0 Å². The second-order valence-corrected chi connectivity index (χ2v) is 6.77. The Hall–Kier alpha value is -2.08. The Labute approximate surface area is 143 Å². The molecule has 2 aliphatic rings. The quantitative estimate of drug-likeness (QED) is 0.791. The molecule has 2 atom stereocenters. The van der Waals surface area contributed by atoms with Crippen molar-refractivity contribution >= 4 is 17.5 Å². The number of hydrazine groups is 1. The highest BCUT2D eigenvalue weighted by atomic mass is 16.2. The van der Waals surface area contributed by atoms with E-state index in [0.717, 1.165) is 39.1 Å². The van der Waals surface area contributed by atoms with Crippen LogP contribution in [-0.2, 0) is 9.59 Å². The lowest BCUT2D eigenvalue weighted by atomic mass is 10.2. The first-order valence-corrected chi connectivity index (χ1v) is 8.74. The number of carbonyl (C=O) groups excluding carboxylic acids is 2. The summed E-state index contributed by atoms with van der Waals surface area (Å²) in [6, 6.07) is 10.4. The molecule has 1 aliphatic heterocycles. The van der Waals surface area contributed by atoms with Crippen LogP contribution in [0.2, 0.25) is 0 Å². The molecule has 0 spiro atoms. The van der Waals surface area contributed by atoms with Crippen molar-refractivity contribution in [2.24, 2.45) is 11.8 Å². The highest BCUT2D eigenvalue weighted by Crippen LogP contribution is 2.37. The Morgan fingerprint density at radius 2 is 1.75 bits per heavy atom. The number of piperazine rings is 1. The van der Waals surface area contributed by atoms with Crippen molar-refractivity contribution in [2.75, 3.05) is 37.6 Å². The first-order chi connectivity index (χ1) is 11.6. The van der Waals surface area contributed by atoms with Crippen molar-refractivity contribution in [3.8, 4) is 0 Å². The van der Waals surface area contributed by atoms with Gasteiger partial charge in [0.2, 0.25) is 11.8 Å². The standard InChI is InChI=1S/C18H26N4O2/c1-14-13-16(14)18(24)20-19-17(23)7-8-21-9-11-22(12-10-21)15-5-3-2-4-6-15/h2-6,14,16H,7-13H2,1H3,(H,19,23)(H,20,24). The second-order valence-electron chi connectivity index (χ2n) is 6.77. The largest absolute Gasteiger partial charge is 0.369 e. The third-order valence-corrected chi connectivity index (χ3v) is 4.92. The minimum Gasteiger partial charge on any atom is -0.369 e. The number of rotatable bonds is 5. The lowest BCUT2D eigenvalue weighted by Crippen LogP contribution is -2.48.